The van der Waals surface area contributed by atoms with Crippen molar-refractivity contribution >= 4 is 60.0 Å². The van der Waals surface area contributed by atoms with E-state index in [9.17, 15) is 38.7 Å². The number of aliphatic carboxylic acids is 1. The molecule has 1 aromatic rings. The van der Waals surface area contributed by atoms with E-state index >= 15 is 0 Å². The zero-order valence-corrected chi connectivity index (χ0v) is 36.7. The molecule has 1 heterocycles. The summed E-state index contributed by atoms with van der Waals surface area (Å²) in [7, 11) is 0. The number of carboxylic acids is 1. The van der Waals surface area contributed by atoms with Crippen molar-refractivity contribution in [2.24, 2.45) is 39.9 Å². The van der Waals surface area contributed by atoms with Crippen molar-refractivity contribution < 1.29 is 38.7 Å². The lowest BCUT2D eigenvalue weighted by Crippen LogP contribution is -2.60. The highest BCUT2D eigenvalue weighted by Gasteiger charge is 2.40. The Morgan fingerprint density at radius 3 is 1.97 bits per heavy atom. The van der Waals surface area contributed by atoms with Crippen LogP contribution in [0.1, 0.15) is 92.1 Å². The molecule has 18 nitrogen and oxygen atoms in total. The normalized spacial score (nSPS) is 17.3. The predicted octanol–water partition coefficient (Wildman–Crippen LogP) is 0.178. The molecule has 12 N–H and O–H groups in total. The van der Waals surface area contributed by atoms with Crippen LogP contribution in [-0.2, 0) is 40.0 Å². The molecule has 1 aliphatic heterocycles. The maximum atomic E-state index is 14.4. The molecule has 0 saturated carbocycles. The monoisotopic (exact) mass is 860 g/mol. The van der Waals surface area contributed by atoms with Gasteiger partial charge in [-0.15, -0.1) is 0 Å². The van der Waals surface area contributed by atoms with Crippen LogP contribution in [0.15, 0.2) is 35.3 Å². The van der Waals surface area contributed by atoms with E-state index in [2.05, 4.69) is 44.2 Å². The summed E-state index contributed by atoms with van der Waals surface area (Å²) >= 11 is 4.22. The summed E-state index contributed by atoms with van der Waals surface area (Å²) in [4.78, 5) is 99.7. The van der Waals surface area contributed by atoms with Gasteiger partial charge in [-0.05, 0) is 61.8 Å². The first-order valence-electron chi connectivity index (χ1n) is 20.8. The Bertz CT molecular complexity index is 1630. The third-order valence-corrected chi connectivity index (χ3v) is 10.7. The summed E-state index contributed by atoms with van der Waals surface area (Å²) in [6.45, 7) is 11.5. The van der Waals surface area contributed by atoms with E-state index in [1.54, 1.807) is 38.1 Å². The lowest BCUT2D eigenvalue weighted by Gasteiger charge is -2.31. The molecule has 2 rings (SSSR count). The van der Waals surface area contributed by atoms with Crippen LogP contribution >= 0.6 is 12.6 Å². The molecule has 1 aliphatic rings. The fourth-order valence-corrected chi connectivity index (χ4v) is 7.12. The molecule has 1 fully saturated rings. The maximum absolute atomic E-state index is 14.4. The van der Waals surface area contributed by atoms with Crippen molar-refractivity contribution in [3.05, 3.63) is 35.9 Å². The first-order valence-corrected chi connectivity index (χ1v) is 21.4. The number of hydrogen-bond donors (Lipinski definition) is 10. The second-order valence-corrected chi connectivity index (χ2v) is 16.7. The molecule has 0 spiro atoms. The number of likely N-dealkylation sites (tertiary alicyclic amines) is 1. The van der Waals surface area contributed by atoms with Gasteiger partial charge in [-0.1, -0.05) is 78.3 Å². The summed E-state index contributed by atoms with van der Waals surface area (Å²) in [6, 6.07) is 1.35. The smallest absolute Gasteiger partial charge is 0.326 e. The molecule has 1 aromatic carbocycles. The summed E-state index contributed by atoms with van der Waals surface area (Å²) in [5, 5.41) is 23.2. The van der Waals surface area contributed by atoms with E-state index in [1.165, 1.54) is 4.90 Å². The zero-order chi connectivity index (χ0) is 45.1. The van der Waals surface area contributed by atoms with Crippen LogP contribution in [0.2, 0.25) is 0 Å². The van der Waals surface area contributed by atoms with Gasteiger partial charge in [-0.25, -0.2) is 4.79 Å². The number of amides is 6. The molecular formula is C41H68N10O8S. The van der Waals surface area contributed by atoms with Gasteiger partial charge in [0.2, 0.25) is 35.4 Å². The minimum absolute atomic E-state index is 0.00886. The van der Waals surface area contributed by atoms with Gasteiger partial charge in [0.1, 0.15) is 36.3 Å². The number of nitrogens with one attached hydrogen (secondary N) is 5. The number of rotatable bonds is 25. The summed E-state index contributed by atoms with van der Waals surface area (Å²) in [5.41, 5.74) is 17.9. The Morgan fingerprint density at radius 2 is 1.40 bits per heavy atom. The van der Waals surface area contributed by atoms with Gasteiger partial charge >= 0.3 is 5.97 Å². The van der Waals surface area contributed by atoms with Crippen molar-refractivity contribution in [3.8, 4) is 0 Å². The number of carbonyl (C=O) groups excluding carboxylic acids is 6. The first kappa shape index (κ1) is 51.2. The van der Waals surface area contributed by atoms with Crippen LogP contribution < -0.4 is 43.8 Å². The van der Waals surface area contributed by atoms with Gasteiger partial charge in [-0.3, -0.25) is 33.8 Å². The van der Waals surface area contributed by atoms with Crippen LogP contribution in [0.3, 0.4) is 0 Å². The number of aliphatic imine (C=N–C) groups is 1. The molecule has 336 valence electrons. The SMILES string of the molecule is CCC(C)C(NC(=O)C(CS)NC(=O)C1CCCN1C(=O)C(CCCN=C(N)N)NC(=O)C(Cc1ccccc1)NC(=O)C(CC(C)C)NC(=O)C(N)CC(C)C)C(=O)O. The van der Waals surface area contributed by atoms with Crippen LogP contribution in [0.5, 0.6) is 0 Å². The molecule has 8 unspecified atom stereocenters. The standard InChI is InChI=1S/C41H68N10O8S/c1-7-25(6)33(40(58)59)50-37(55)31(22-60)49-38(56)32-16-12-18-51(32)39(57)28(15-11-17-45-41(43)44)46-36(54)30(21-26-13-9-8-10-14-26)48-35(53)29(20-24(4)5)47-34(52)27(42)19-23(2)3/h8-10,13-14,23-25,27-33,60H,7,11-12,15-22,42H2,1-6H3,(H,46,54)(H,47,52)(H,48,53)(H,49,56)(H,50,55)(H,58,59)(H4,43,44,45). The van der Waals surface area contributed by atoms with Crippen molar-refractivity contribution in [2.45, 2.75) is 135 Å². The van der Waals surface area contributed by atoms with E-state index < -0.39 is 83.7 Å². The largest absolute Gasteiger partial charge is 0.480 e. The molecule has 19 heteroatoms. The Kier molecular flexibility index (Phi) is 21.9. The molecule has 0 radical (unpaired) electrons. The van der Waals surface area contributed by atoms with Crippen molar-refractivity contribution in [3.63, 3.8) is 0 Å². The molecule has 0 aliphatic carbocycles. The highest BCUT2D eigenvalue weighted by molar-refractivity contribution is 7.80. The lowest BCUT2D eigenvalue weighted by atomic mass is 9.99. The van der Waals surface area contributed by atoms with Crippen molar-refractivity contribution in [1.82, 2.24) is 31.5 Å². The van der Waals surface area contributed by atoms with Crippen LogP contribution in [-0.4, -0.2) is 119 Å². The molecule has 6 amide bonds. The second-order valence-electron chi connectivity index (χ2n) is 16.3. The fourth-order valence-electron chi connectivity index (χ4n) is 6.86. The zero-order valence-electron chi connectivity index (χ0n) is 35.8. The third-order valence-electron chi connectivity index (χ3n) is 10.3. The number of guanidine groups is 1. The summed E-state index contributed by atoms with van der Waals surface area (Å²) < 4.78 is 0. The van der Waals surface area contributed by atoms with E-state index in [1.807, 2.05) is 33.8 Å². The third kappa shape index (κ3) is 17.0. The summed E-state index contributed by atoms with van der Waals surface area (Å²) in [6.07, 6.45) is 2.24. The molecule has 60 heavy (non-hydrogen) atoms. The van der Waals surface area contributed by atoms with Gasteiger partial charge in [0, 0.05) is 25.3 Å². The Morgan fingerprint density at radius 1 is 0.817 bits per heavy atom. The van der Waals surface area contributed by atoms with E-state index in [0.29, 0.717) is 19.3 Å². The number of carbonyl (C=O) groups is 7. The number of carboxylic acid groups (broad SMARTS) is 1. The molecule has 8 atom stereocenters. The van der Waals surface area contributed by atoms with Crippen LogP contribution in [0.25, 0.3) is 0 Å². The fraction of sp³-hybridized carbons (Fsp3) is 0.659. The molecular weight excluding hydrogens is 793 g/mol. The maximum Gasteiger partial charge on any atom is 0.326 e. The van der Waals surface area contributed by atoms with Crippen molar-refractivity contribution in [2.75, 3.05) is 18.8 Å². The first-order chi connectivity index (χ1) is 28.3. The highest BCUT2D eigenvalue weighted by Crippen LogP contribution is 2.21. The van der Waals surface area contributed by atoms with Gasteiger partial charge in [0.05, 0.1) is 6.04 Å². The van der Waals surface area contributed by atoms with Crippen LogP contribution in [0.4, 0.5) is 0 Å². The van der Waals surface area contributed by atoms with Gasteiger partial charge in [0.25, 0.3) is 0 Å². The predicted molar refractivity (Wildman–Crippen MR) is 232 cm³/mol. The Hall–Kier alpha value is -4.91. The topological polar surface area (TPSA) is 294 Å². The number of hydrogen-bond acceptors (Lipinski definition) is 10. The molecule has 1 saturated heterocycles. The average molecular weight is 861 g/mol. The van der Waals surface area contributed by atoms with Crippen molar-refractivity contribution in [1.29, 1.82) is 0 Å². The quantitative estimate of drug-likeness (QED) is 0.0274. The second kappa shape index (κ2) is 25.7. The number of thiol groups is 1. The Labute approximate surface area is 359 Å². The number of benzene rings is 1. The highest BCUT2D eigenvalue weighted by atomic mass is 32.1. The van der Waals surface area contributed by atoms with Gasteiger partial charge in [0.15, 0.2) is 5.96 Å². The minimum atomic E-state index is -1.21. The van der Waals surface area contributed by atoms with E-state index in [4.69, 9.17) is 17.2 Å². The minimum Gasteiger partial charge on any atom is -0.480 e. The number of nitrogens with two attached hydrogens (primary N) is 3. The summed E-state index contributed by atoms with van der Waals surface area (Å²) in [5.74, 6) is -5.47. The van der Waals surface area contributed by atoms with E-state index in [-0.39, 0.29) is 74.7 Å². The Balaban J connectivity index is 2.40. The molecule has 0 aromatic heterocycles. The van der Waals surface area contributed by atoms with E-state index in [0.717, 1.165) is 5.56 Å². The van der Waals surface area contributed by atoms with Gasteiger partial charge in [-0.2, -0.15) is 12.6 Å². The molecule has 0 bridgehead atoms. The van der Waals surface area contributed by atoms with Crippen LogP contribution in [0, 0.1) is 17.8 Å². The lowest BCUT2D eigenvalue weighted by molar-refractivity contribution is -0.144. The average Bonchev–Trinajstić information content (AvgIpc) is 3.69. The van der Waals surface area contributed by atoms with Gasteiger partial charge < -0.3 is 53.8 Å². The number of nitrogens with zero attached hydrogens (tertiary/aromatic N) is 2.